The van der Waals surface area contributed by atoms with Crippen molar-refractivity contribution in [3.05, 3.63) is 29.3 Å². The fourth-order valence-electron chi connectivity index (χ4n) is 1.28. The van der Waals surface area contributed by atoms with Crippen molar-refractivity contribution in [1.29, 1.82) is 0 Å². The summed E-state index contributed by atoms with van der Waals surface area (Å²) in [5.74, 6) is 0. The van der Waals surface area contributed by atoms with Crippen molar-refractivity contribution in [2.75, 3.05) is 18.5 Å². The average Bonchev–Trinajstić information content (AvgIpc) is 2.15. The zero-order valence-corrected chi connectivity index (χ0v) is 8.83. The van der Waals surface area contributed by atoms with Crippen LogP contribution in [0.5, 0.6) is 0 Å². The Morgan fingerprint density at radius 3 is 2.86 bits per heavy atom. The van der Waals surface area contributed by atoms with Gasteiger partial charge in [0.15, 0.2) is 0 Å². The van der Waals surface area contributed by atoms with Crippen LogP contribution in [0.4, 0.5) is 10.1 Å². The Balaban J connectivity index is 3.02. The lowest BCUT2D eigenvalue weighted by Gasteiger charge is -2.12. The molecule has 0 saturated heterocycles. The third-order valence-corrected chi connectivity index (χ3v) is 2.15. The number of rotatable bonds is 4. The van der Waals surface area contributed by atoms with Gasteiger partial charge in [-0.25, -0.2) is 4.39 Å². The van der Waals surface area contributed by atoms with Gasteiger partial charge in [0.25, 0.3) is 0 Å². The van der Waals surface area contributed by atoms with E-state index in [1.807, 2.05) is 25.1 Å². The molecule has 0 heterocycles. The van der Waals surface area contributed by atoms with Crippen molar-refractivity contribution in [3.8, 4) is 0 Å². The molecule has 0 amide bonds. The van der Waals surface area contributed by atoms with E-state index >= 15 is 0 Å². The van der Waals surface area contributed by atoms with Gasteiger partial charge >= 0.3 is 0 Å². The molecule has 1 rings (SSSR count). The highest BCUT2D eigenvalue weighted by molar-refractivity contribution is 7.80. The molecule has 76 valence electrons. The zero-order chi connectivity index (χ0) is 10.6. The molecule has 0 atom stereocenters. The summed E-state index contributed by atoms with van der Waals surface area (Å²) in [5.41, 5.74) is 8.17. The number of alkyl halides is 1. The number of thiocarbonyl (C=S) groups is 1. The molecule has 4 heteroatoms. The van der Waals surface area contributed by atoms with Gasteiger partial charge in [0.05, 0.1) is 0 Å². The second kappa shape index (κ2) is 4.91. The van der Waals surface area contributed by atoms with Crippen LogP contribution in [0.2, 0.25) is 0 Å². The van der Waals surface area contributed by atoms with Gasteiger partial charge in [0.1, 0.15) is 11.7 Å². The molecule has 0 unspecified atom stereocenters. The van der Waals surface area contributed by atoms with Crippen molar-refractivity contribution >= 4 is 22.9 Å². The first kappa shape index (κ1) is 10.9. The molecule has 2 nitrogen and oxygen atoms in total. The number of hydrogen-bond acceptors (Lipinski definition) is 2. The van der Waals surface area contributed by atoms with Crippen LogP contribution in [0.3, 0.4) is 0 Å². The molecule has 0 fully saturated rings. The summed E-state index contributed by atoms with van der Waals surface area (Å²) < 4.78 is 12.0. The molecule has 1 aromatic rings. The molecule has 0 aliphatic carbocycles. The third-order valence-electron chi connectivity index (χ3n) is 1.93. The molecule has 0 aliphatic heterocycles. The summed E-state index contributed by atoms with van der Waals surface area (Å²) in [4.78, 5) is 0.329. The van der Waals surface area contributed by atoms with Gasteiger partial charge in [-0.05, 0) is 18.6 Å². The first-order valence-electron chi connectivity index (χ1n) is 4.36. The van der Waals surface area contributed by atoms with Gasteiger partial charge in [0, 0.05) is 17.8 Å². The van der Waals surface area contributed by atoms with Crippen LogP contribution in [0.15, 0.2) is 18.2 Å². The van der Waals surface area contributed by atoms with Gasteiger partial charge in [-0.3, -0.25) is 0 Å². The quantitative estimate of drug-likeness (QED) is 0.750. The Hall–Kier alpha value is -1.16. The van der Waals surface area contributed by atoms with Gasteiger partial charge in [-0.2, -0.15) is 0 Å². The van der Waals surface area contributed by atoms with Crippen molar-refractivity contribution < 1.29 is 4.39 Å². The Labute approximate surface area is 88.3 Å². The predicted octanol–water partition coefficient (Wildman–Crippen LogP) is 2.01. The molecule has 0 spiro atoms. The lowest BCUT2D eigenvalue weighted by Crippen LogP contribution is -2.15. The van der Waals surface area contributed by atoms with Crippen LogP contribution in [-0.2, 0) is 0 Å². The second-order valence-corrected chi connectivity index (χ2v) is 3.42. The maximum atomic E-state index is 12.0. The molecule has 0 aliphatic rings. The van der Waals surface area contributed by atoms with Crippen LogP contribution in [0.25, 0.3) is 0 Å². The Morgan fingerprint density at radius 2 is 2.29 bits per heavy atom. The Morgan fingerprint density at radius 1 is 1.57 bits per heavy atom. The summed E-state index contributed by atoms with van der Waals surface area (Å²) in [6.45, 7) is 1.80. The molecule has 0 bridgehead atoms. The van der Waals surface area contributed by atoms with E-state index in [1.165, 1.54) is 0 Å². The van der Waals surface area contributed by atoms with Gasteiger partial charge in [0.2, 0.25) is 0 Å². The topological polar surface area (TPSA) is 38.0 Å². The van der Waals surface area contributed by atoms with Gasteiger partial charge in [-0.15, -0.1) is 0 Å². The number of benzene rings is 1. The predicted molar refractivity (Wildman–Crippen MR) is 61.5 cm³/mol. The fourth-order valence-corrected chi connectivity index (χ4v) is 1.45. The van der Waals surface area contributed by atoms with E-state index in [9.17, 15) is 4.39 Å². The molecule has 14 heavy (non-hydrogen) atoms. The van der Waals surface area contributed by atoms with Crippen molar-refractivity contribution in [2.45, 2.75) is 6.92 Å². The van der Waals surface area contributed by atoms with E-state index in [0.717, 1.165) is 16.8 Å². The van der Waals surface area contributed by atoms with Crippen LogP contribution in [0.1, 0.15) is 11.1 Å². The third kappa shape index (κ3) is 2.42. The fraction of sp³-hybridized carbons (Fsp3) is 0.300. The van der Waals surface area contributed by atoms with E-state index in [0.29, 0.717) is 4.99 Å². The molecular weight excluding hydrogens is 199 g/mol. The SMILES string of the molecule is Cc1cccc(C(N)=S)c1NCCF. The minimum Gasteiger partial charge on any atom is -0.389 e. The van der Waals surface area contributed by atoms with E-state index in [4.69, 9.17) is 18.0 Å². The number of nitrogens with one attached hydrogen (secondary N) is 1. The standard InChI is InChI=1S/C10H13FN2S/c1-7-3-2-4-8(10(12)14)9(7)13-6-5-11/h2-4,13H,5-6H2,1H3,(H2,12,14). The first-order chi connectivity index (χ1) is 6.66. The zero-order valence-electron chi connectivity index (χ0n) is 8.01. The molecular formula is C10H13FN2S. The monoisotopic (exact) mass is 212 g/mol. The van der Waals surface area contributed by atoms with Gasteiger partial charge in [-0.1, -0.05) is 24.4 Å². The minimum absolute atomic E-state index is 0.278. The molecule has 3 N–H and O–H groups in total. The highest BCUT2D eigenvalue weighted by Gasteiger charge is 2.06. The second-order valence-electron chi connectivity index (χ2n) is 2.98. The normalized spacial score (nSPS) is 9.86. The number of anilines is 1. The van der Waals surface area contributed by atoms with Crippen LogP contribution in [-0.4, -0.2) is 18.2 Å². The smallest absolute Gasteiger partial charge is 0.107 e. The maximum Gasteiger partial charge on any atom is 0.107 e. The average molecular weight is 212 g/mol. The van der Waals surface area contributed by atoms with E-state index in [-0.39, 0.29) is 6.54 Å². The summed E-state index contributed by atoms with van der Waals surface area (Å²) >= 11 is 4.90. The maximum absolute atomic E-state index is 12.0. The molecule has 0 radical (unpaired) electrons. The summed E-state index contributed by atoms with van der Waals surface area (Å²) in [5, 5.41) is 2.97. The number of halogens is 1. The first-order valence-corrected chi connectivity index (χ1v) is 4.77. The number of hydrogen-bond donors (Lipinski definition) is 2. The number of aryl methyl sites for hydroxylation is 1. The molecule has 1 aromatic carbocycles. The Bertz CT molecular complexity index is 339. The van der Waals surface area contributed by atoms with Crippen molar-refractivity contribution in [1.82, 2.24) is 0 Å². The van der Waals surface area contributed by atoms with Crippen molar-refractivity contribution in [3.63, 3.8) is 0 Å². The van der Waals surface area contributed by atoms with Crippen molar-refractivity contribution in [2.24, 2.45) is 5.73 Å². The Kier molecular flexibility index (Phi) is 3.83. The number of nitrogens with two attached hydrogens (primary N) is 1. The van der Waals surface area contributed by atoms with E-state index in [2.05, 4.69) is 5.32 Å². The summed E-state index contributed by atoms with van der Waals surface area (Å²) in [6, 6.07) is 5.64. The number of para-hydroxylation sites is 1. The van der Waals surface area contributed by atoms with Crippen LogP contribution < -0.4 is 11.1 Å². The van der Waals surface area contributed by atoms with Crippen LogP contribution in [0, 0.1) is 6.92 Å². The van der Waals surface area contributed by atoms with E-state index in [1.54, 1.807) is 0 Å². The van der Waals surface area contributed by atoms with Crippen LogP contribution >= 0.6 is 12.2 Å². The lowest BCUT2D eigenvalue weighted by molar-refractivity contribution is 0.512. The molecule has 0 aromatic heterocycles. The van der Waals surface area contributed by atoms with Gasteiger partial charge < -0.3 is 11.1 Å². The lowest BCUT2D eigenvalue weighted by atomic mass is 10.1. The highest BCUT2D eigenvalue weighted by atomic mass is 32.1. The highest BCUT2D eigenvalue weighted by Crippen LogP contribution is 2.19. The largest absolute Gasteiger partial charge is 0.389 e. The minimum atomic E-state index is -0.412. The summed E-state index contributed by atoms with van der Waals surface area (Å²) in [6.07, 6.45) is 0. The summed E-state index contributed by atoms with van der Waals surface area (Å²) in [7, 11) is 0. The van der Waals surface area contributed by atoms with E-state index < -0.39 is 6.67 Å². The molecule has 0 saturated carbocycles.